The molecule has 2 N–H and O–H groups in total. The maximum absolute atomic E-state index is 12.3. The summed E-state index contributed by atoms with van der Waals surface area (Å²) in [5.41, 5.74) is 1.45. The fourth-order valence-corrected chi connectivity index (χ4v) is 2.93. The molecule has 6 nitrogen and oxygen atoms in total. The minimum absolute atomic E-state index is 0.141. The maximum atomic E-state index is 12.3. The zero-order chi connectivity index (χ0) is 19.1. The highest BCUT2D eigenvalue weighted by atomic mass is 35.5. The summed E-state index contributed by atoms with van der Waals surface area (Å²) in [4.78, 5) is 25.8. The van der Waals surface area contributed by atoms with Crippen LogP contribution in [0, 0.1) is 0 Å². The molecule has 7 heteroatoms. The van der Waals surface area contributed by atoms with Crippen molar-refractivity contribution in [2.24, 2.45) is 0 Å². The highest BCUT2D eigenvalue weighted by Crippen LogP contribution is 2.13. The third kappa shape index (κ3) is 5.56. The van der Waals surface area contributed by atoms with Gasteiger partial charge in [-0.3, -0.25) is 9.78 Å². The molecule has 0 saturated heterocycles. The van der Waals surface area contributed by atoms with E-state index >= 15 is 0 Å². The summed E-state index contributed by atoms with van der Waals surface area (Å²) >= 11 is 5.99. The molecule has 2 heterocycles. The first-order valence-corrected chi connectivity index (χ1v) is 9.18. The Morgan fingerprint density at radius 1 is 1.19 bits per heavy atom. The van der Waals surface area contributed by atoms with Crippen LogP contribution in [-0.4, -0.2) is 35.1 Å². The molecule has 0 aliphatic rings. The van der Waals surface area contributed by atoms with Crippen LogP contribution in [0.15, 0.2) is 59.7 Å². The second-order valence-electron chi connectivity index (χ2n) is 6.28. The second-order valence-corrected chi connectivity index (χ2v) is 6.72. The summed E-state index contributed by atoms with van der Waals surface area (Å²) in [6.07, 6.45) is 4.78. The lowest BCUT2D eigenvalue weighted by molar-refractivity contribution is 0.799. The van der Waals surface area contributed by atoms with Crippen LogP contribution in [-0.2, 0) is 6.42 Å². The van der Waals surface area contributed by atoms with Crippen molar-refractivity contribution in [1.82, 2.24) is 15.0 Å². The molecule has 0 radical (unpaired) electrons. The van der Waals surface area contributed by atoms with E-state index in [1.807, 2.05) is 49.5 Å². The Kier molecular flexibility index (Phi) is 6.44. The largest absolute Gasteiger partial charge is 0.360 e. The first-order valence-electron chi connectivity index (χ1n) is 8.80. The predicted octanol–water partition coefficient (Wildman–Crippen LogP) is 3.35. The van der Waals surface area contributed by atoms with Crippen molar-refractivity contribution in [3.63, 3.8) is 0 Å². The molecular formula is C20H22ClN5O. The number of aromatic amines is 1. The van der Waals surface area contributed by atoms with Gasteiger partial charge in [-0.25, -0.2) is 9.97 Å². The van der Waals surface area contributed by atoms with Gasteiger partial charge in [-0.1, -0.05) is 29.8 Å². The molecule has 140 valence electrons. The number of hydrogen-bond donors (Lipinski definition) is 2. The predicted molar refractivity (Wildman–Crippen MR) is 110 cm³/mol. The highest BCUT2D eigenvalue weighted by Gasteiger charge is 2.05. The first-order chi connectivity index (χ1) is 13.1. The summed E-state index contributed by atoms with van der Waals surface area (Å²) in [6.45, 7) is 1.55. The minimum atomic E-state index is -0.141. The van der Waals surface area contributed by atoms with Gasteiger partial charge in [-0.15, -0.1) is 0 Å². The number of halogens is 1. The minimum Gasteiger partial charge on any atom is -0.360 e. The summed E-state index contributed by atoms with van der Waals surface area (Å²) in [7, 11) is 2.01. The normalized spacial score (nSPS) is 10.6. The summed E-state index contributed by atoms with van der Waals surface area (Å²) < 4.78 is 0. The monoisotopic (exact) mass is 383 g/mol. The van der Waals surface area contributed by atoms with E-state index in [2.05, 4.69) is 25.2 Å². The average molecular weight is 384 g/mol. The van der Waals surface area contributed by atoms with Gasteiger partial charge in [-0.2, -0.15) is 0 Å². The third-order valence-corrected chi connectivity index (χ3v) is 4.39. The summed E-state index contributed by atoms with van der Waals surface area (Å²) in [6, 6.07) is 13.3. The van der Waals surface area contributed by atoms with Crippen LogP contribution in [0.3, 0.4) is 0 Å². The molecule has 3 rings (SSSR count). The lowest BCUT2D eigenvalue weighted by Crippen LogP contribution is -2.23. The van der Waals surface area contributed by atoms with Crippen LogP contribution in [0.4, 0.5) is 11.8 Å². The number of nitrogens with zero attached hydrogens (tertiary/aromatic N) is 3. The van der Waals surface area contributed by atoms with E-state index in [9.17, 15) is 4.79 Å². The van der Waals surface area contributed by atoms with Crippen molar-refractivity contribution >= 4 is 23.4 Å². The van der Waals surface area contributed by atoms with Crippen LogP contribution in [0.25, 0.3) is 0 Å². The van der Waals surface area contributed by atoms with E-state index in [4.69, 9.17) is 11.6 Å². The first kappa shape index (κ1) is 18.9. The van der Waals surface area contributed by atoms with Crippen LogP contribution in [0.5, 0.6) is 0 Å². The van der Waals surface area contributed by atoms with Crippen molar-refractivity contribution < 1.29 is 0 Å². The Hall–Kier alpha value is -2.86. The van der Waals surface area contributed by atoms with Crippen LogP contribution in [0.1, 0.15) is 17.5 Å². The van der Waals surface area contributed by atoms with E-state index < -0.39 is 0 Å². The van der Waals surface area contributed by atoms with Gasteiger partial charge >= 0.3 is 0 Å². The SMILES string of the molecule is CN(CCCNc1ncc(Cc2cccc(Cl)c2)c(=O)[nH]1)c1ccccn1. The van der Waals surface area contributed by atoms with Gasteiger partial charge in [-0.05, 0) is 36.2 Å². The number of pyridine rings is 1. The van der Waals surface area contributed by atoms with Crippen molar-refractivity contribution in [2.45, 2.75) is 12.8 Å². The van der Waals surface area contributed by atoms with E-state index in [0.29, 0.717) is 29.5 Å². The Bertz CT molecular complexity index is 929. The standard InChI is InChI=1S/C20H22ClN5O/c1-26(18-8-2-3-9-22-18)11-5-10-23-20-24-14-16(19(27)25-20)12-15-6-4-7-17(21)13-15/h2-4,6-9,13-14H,5,10-12H2,1H3,(H2,23,24,25,27). The molecule has 27 heavy (non-hydrogen) atoms. The molecule has 2 aromatic heterocycles. The molecule has 0 bridgehead atoms. The van der Waals surface area contributed by atoms with Crippen LogP contribution in [0.2, 0.25) is 5.02 Å². The van der Waals surface area contributed by atoms with E-state index in [-0.39, 0.29) is 5.56 Å². The van der Waals surface area contributed by atoms with E-state index in [1.165, 1.54) is 0 Å². The van der Waals surface area contributed by atoms with Gasteiger partial charge in [0, 0.05) is 49.5 Å². The van der Waals surface area contributed by atoms with Crippen molar-refractivity contribution in [2.75, 3.05) is 30.4 Å². The maximum Gasteiger partial charge on any atom is 0.255 e. The molecule has 3 aromatic rings. The highest BCUT2D eigenvalue weighted by molar-refractivity contribution is 6.30. The lowest BCUT2D eigenvalue weighted by atomic mass is 10.1. The van der Waals surface area contributed by atoms with Crippen molar-refractivity contribution in [3.05, 3.63) is 81.4 Å². The molecule has 0 spiro atoms. The van der Waals surface area contributed by atoms with E-state index in [1.54, 1.807) is 12.4 Å². The Morgan fingerprint density at radius 2 is 2.07 bits per heavy atom. The lowest BCUT2D eigenvalue weighted by Gasteiger charge is -2.17. The number of aromatic nitrogens is 3. The molecule has 0 aliphatic heterocycles. The number of nitrogens with one attached hydrogen (secondary N) is 2. The number of anilines is 2. The average Bonchev–Trinajstić information content (AvgIpc) is 2.68. The topological polar surface area (TPSA) is 73.9 Å². The van der Waals surface area contributed by atoms with Gasteiger partial charge in [0.1, 0.15) is 5.82 Å². The summed E-state index contributed by atoms with van der Waals surface area (Å²) in [5.74, 6) is 1.42. The zero-order valence-electron chi connectivity index (χ0n) is 15.2. The van der Waals surface area contributed by atoms with Gasteiger partial charge in [0.2, 0.25) is 5.95 Å². The van der Waals surface area contributed by atoms with E-state index in [0.717, 1.165) is 24.3 Å². The molecule has 0 aliphatic carbocycles. The number of H-pyrrole nitrogens is 1. The quantitative estimate of drug-likeness (QED) is 0.583. The smallest absolute Gasteiger partial charge is 0.255 e. The molecule has 0 amide bonds. The molecule has 0 fully saturated rings. The second kappa shape index (κ2) is 9.19. The Balaban J connectivity index is 1.50. The number of hydrogen-bond acceptors (Lipinski definition) is 5. The fraction of sp³-hybridized carbons (Fsp3) is 0.250. The van der Waals surface area contributed by atoms with Gasteiger partial charge < -0.3 is 10.2 Å². The van der Waals surface area contributed by atoms with Crippen LogP contribution < -0.4 is 15.8 Å². The van der Waals surface area contributed by atoms with Crippen molar-refractivity contribution in [3.8, 4) is 0 Å². The summed E-state index contributed by atoms with van der Waals surface area (Å²) in [5, 5.41) is 3.82. The molecule has 0 unspecified atom stereocenters. The fourth-order valence-electron chi connectivity index (χ4n) is 2.72. The third-order valence-electron chi connectivity index (χ3n) is 4.16. The number of benzene rings is 1. The molecule has 0 saturated carbocycles. The Morgan fingerprint density at radius 3 is 2.81 bits per heavy atom. The van der Waals surface area contributed by atoms with Crippen molar-refractivity contribution in [1.29, 1.82) is 0 Å². The van der Waals surface area contributed by atoms with Crippen LogP contribution >= 0.6 is 11.6 Å². The van der Waals surface area contributed by atoms with Gasteiger partial charge in [0.05, 0.1) is 0 Å². The Labute approximate surface area is 163 Å². The molecule has 1 aromatic carbocycles. The molecule has 0 atom stereocenters. The molecular weight excluding hydrogens is 362 g/mol. The van der Waals surface area contributed by atoms with Gasteiger partial charge in [0.25, 0.3) is 5.56 Å². The van der Waals surface area contributed by atoms with Gasteiger partial charge in [0.15, 0.2) is 0 Å². The zero-order valence-corrected chi connectivity index (χ0v) is 15.9. The number of rotatable bonds is 8.